The van der Waals surface area contributed by atoms with E-state index >= 15 is 0 Å². The molecule has 6 nitrogen and oxygen atoms in total. The topological polar surface area (TPSA) is 86.7 Å². The maximum Gasteiger partial charge on any atom is 2.00 e. The molecule has 0 radical (unpaired) electrons. The molecule has 51 heavy (non-hydrogen) atoms. The van der Waals surface area contributed by atoms with Gasteiger partial charge in [0.05, 0.1) is 11.9 Å². The fourth-order valence-electron chi connectivity index (χ4n) is 5.61. The summed E-state index contributed by atoms with van der Waals surface area (Å²) in [6.45, 7) is 12.4. The number of nitrogens with zero attached hydrogens (tertiary/aromatic N) is 2. The van der Waals surface area contributed by atoms with Crippen molar-refractivity contribution in [3.05, 3.63) is 48.6 Å². The number of carbonyl (C=O) groups excluding carboxylic acids is 2. The minimum absolute atomic E-state index is 0. The van der Waals surface area contributed by atoms with Crippen LogP contribution >= 0.6 is 0 Å². The predicted molar refractivity (Wildman–Crippen MR) is 219 cm³/mol. The molecule has 0 saturated carbocycles. The van der Waals surface area contributed by atoms with Gasteiger partial charge in [-0.25, -0.2) is 0 Å². The molecule has 0 spiro atoms. The number of unbranched alkanes of at least 4 members (excludes halogenated alkanes) is 16. The number of carboxylic acids is 2. The number of carbonyl (C=O) groups is 2. The first-order valence-corrected chi connectivity index (χ1v) is 20.8. The van der Waals surface area contributed by atoms with Crippen molar-refractivity contribution < 1.29 is 19.8 Å². The van der Waals surface area contributed by atoms with E-state index in [1.54, 1.807) is 0 Å². The predicted octanol–water partition coefficient (Wildman–Crippen LogP) is 9.36. The molecule has 0 aromatic rings. The second-order valence-corrected chi connectivity index (χ2v) is 13.7. The van der Waals surface area contributed by atoms with Gasteiger partial charge in [-0.3, -0.25) is 9.80 Å². The standard InChI is InChI=1S/2C22H41NO2.Ca/c2*1-3-5-7-9-11-13-15-17-19-23(21-22(24)25)20-18-16-14-12-10-8-6-4-2;/h2*7-10H,3-6,11-21H2,1-2H3,(H,24,25);/q;;+2/p-2/b2*9-7+,10-8+;. The molecule has 0 aliphatic carbocycles. The van der Waals surface area contributed by atoms with E-state index < -0.39 is 11.9 Å². The average Bonchev–Trinajstić information content (AvgIpc) is 3.09. The molecular weight excluding hydrogens is 661 g/mol. The summed E-state index contributed by atoms with van der Waals surface area (Å²) in [7, 11) is 0. The van der Waals surface area contributed by atoms with Crippen LogP contribution in [-0.4, -0.2) is 98.7 Å². The average molecular weight is 741 g/mol. The van der Waals surface area contributed by atoms with Crippen LogP contribution in [-0.2, 0) is 9.59 Å². The first kappa shape index (κ1) is 54.4. The zero-order chi connectivity index (χ0) is 37.2. The van der Waals surface area contributed by atoms with Crippen LogP contribution in [0.3, 0.4) is 0 Å². The van der Waals surface area contributed by atoms with Gasteiger partial charge in [-0.2, -0.15) is 0 Å². The molecule has 7 heteroatoms. The Morgan fingerprint density at radius 1 is 0.373 bits per heavy atom. The maximum atomic E-state index is 10.9. The molecule has 0 aliphatic rings. The molecule has 0 aromatic carbocycles. The molecule has 0 rings (SSSR count). The number of hydrogen-bond donors (Lipinski definition) is 0. The third kappa shape index (κ3) is 49.1. The van der Waals surface area contributed by atoms with E-state index in [0.29, 0.717) is 0 Å². The molecule has 0 atom stereocenters. The van der Waals surface area contributed by atoms with Crippen molar-refractivity contribution in [2.75, 3.05) is 39.3 Å². The molecule has 0 unspecified atom stereocenters. The van der Waals surface area contributed by atoms with Crippen LogP contribution in [0, 0.1) is 0 Å². The molecule has 292 valence electrons. The maximum absolute atomic E-state index is 10.9. The molecule has 0 heterocycles. The van der Waals surface area contributed by atoms with Crippen LogP contribution < -0.4 is 10.2 Å². The quantitative estimate of drug-likeness (QED) is 0.0362. The van der Waals surface area contributed by atoms with Gasteiger partial charge in [-0.05, 0) is 129 Å². The van der Waals surface area contributed by atoms with Gasteiger partial charge in [-0.15, -0.1) is 0 Å². The molecule has 0 aliphatic heterocycles. The van der Waals surface area contributed by atoms with Gasteiger partial charge in [0.2, 0.25) is 0 Å². The first-order valence-electron chi connectivity index (χ1n) is 20.8. The third-order valence-corrected chi connectivity index (χ3v) is 8.57. The third-order valence-electron chi connectivity index (χ3n) is 8.57. The van der Waals surface area contributed by atoms with Crippen molar-refractivity contribution in [3.63, 3.8) is 0 Å². The summed E-state index contributed by atoms with van der Waals surface area (Å²) < 4.78 is 0. The summed E-state index contributed by atoms with van der Waals surface area (Å²) >= 11 is 0. The summed E-state index contributed by atoms with van der Waals surface area (Å²) in [5, 5.41) is 21.8. The van der Waals surface area contributed by atoms with Crippen LogP contribution in [0.5, 0.6) is 0 Å². The van der Waals surface area contributed by atoms with E-state index in [0.717, 1.165) is 77.5 Å². The van der Waals surface area contributed by atoms with Crippen LogP contribution in [0.4, 0.5) is 0 Å². The zero-order valence-corrected chi connectivity index (χ0v) is 36.3. The summed E-state index contributed by atoms with van der Waals surface area (Å²) in [4.78, 5) is 25.9. The zero-order valence-electron chi connectivity index (χ0n) is 34.1. The summed E-state index contributed by atoms with van der Waals surface area (Å²) in [6, 6.07) is 0. The van der Waals surface area contributed by atoms with Crippen LogP contribution in [0.1, 0.15) is 182 Å². The Morgan fingerprint density at radius 3 is 0.784 bits per heavy atom. The van der Waals surface area contributed by atoms with Crippen molar-refractivity contribution >= 4 is 49.7 Å². The normalized spacial score (nSPS) is 11.7. The number of carboxylic acid groups (broad SMARTS) is 2. The fraction of sp³-hybridized carbons (Fsp3) is 0.773. The van der Waals surface area contributed by atoms with E-state index in [4.69, 9.17) is 0 Å². The van der Waals surface area contributed by atoms with Gasteiger partial charge in [0.25, 0.3) is 0 Å². The largest absolute Gasteiger partial charge is 2.00 e. The number of hydrogen-bond acceptors (Lipinski definition) is 6. The summed E-state index contributed by atoms with van der Waals surface area (Å²) in [5.41, 5.74) is 0. The minimum Gasteiger partial charge on any atom is -0.549 e. The van der Waals surface area contributed by atoms with Gasteiger partial charge >= 0.3 is 37.7 Å². The minimum atomic E-state index is -0.954. The molecule has 0 N–H and O–H groups in total. The Balaban J connectivity index is -0.000000886. The van der Waals surface area contributed by atoms with Gasteiger partial charge in [0.15, 0.2) is 0 Å². The van der Waals surface area contributed by atoms with E-state index in [9.17, 15) is 19.8 Å². The smallest absolute Gasteiger partial charge is 0.549 e. The number of rotatable bonds is 36. The van der Waals surface area contributed by atoms with Crippen molar-refractivity contribution in [1.29, 1.82) is 0 Å². The Hall–Kier alpha value is -0.920. The summed E-state index contributed by atoms with van der Waals surface area (Å²) in [6.07, 6.45) is 46.1. The van der Waals surface area contributed by atoms with E-state index in [1.165, 1.54) is 103 Å². The van der Waals surface area contributed by atoms with E-state index in [-0.39, 0.29) is 50.8 Å². The van der Waals surface area contributed by atoms with Crippen molar-refractivity contribution in [2.24, 2.45) is 0 Å². The number of aliphatic carboxylic acids is 2. The Labute approximate surface area is 346 Å². The van der Waals surface area contributed by atoms with Crippen LogP contribution in [0.2, 0.25) is 0 Å². The Morgan fingerprint density at radius 2 is 0.588 bits per heavy atom. The SMILES string of the molecule is CCC/C=C/CCCCCN(CCCCC/C=C/CCC)CC(=O)[O-].CCC/C=C/CCCCCN(CCCCC/C=C/CCC)CC(=O)[O-].[Ca+2]. The van der Waals surface area contributed by atoms with Crippen molar-refractivity contribution in [3.8, 4) is 0 Å². The second-order valence-electron chi connectivity index (χ2n) is 13.7. The van der Waals surface area contributed by atoms with Crippen molar-refractivity contribution in [2.45, 2.75) is 182 Å². The van der Waals surface area contributed by atoms with Crippen LogP contribution in [0.25, 0.3) is 0 Å². The molecular formula is C44H80CaN2O4. The number of allylic oxidation sites excluding steroid dienone is 8. The Bertz CT molecular complexity index is 723. The van der Waals surface area contributed by atoms with Gasteiger partial charge < -0.3 is 19.8 Å². The fourth-order valence-corrected chi connectivity index (χ4v) is 5.61. The second kappa shape index (κ2) is 47.1. The van der Waals surface area contributed by atoms with Crippen molar-refractivity contribution in [1.82, 2.24) is 9.80 Å². The molecule has 0 fully saturated rings. The molecule has 0 amide bonds. The van der Waals surface area contributed by atoms with Gasteiger partial charge in [-0.1, -0.05) is 128 Å². The molecule has 0 saturated heterocycles. The van der Waals surface area contributed by atoms with Crippen LogP contribution in [0.15, 0.2) is 48.6 Å². The van der Waals surface area contributed by atoms with Gasteiger partial charge in [0, 0.05) is 13.1 Å². The van der Waals surface area contributed by atoms with Gasteiger partial charge in [0.1, 0.15) is 0 Å². The monoisotopic (exact) mass is 741 g/mol. The molecule has 0 aromatic heterocycles. The van der Waals surface area contributed by atoms with E-state index in [2.05, 4.69) is 86.1 Å². The first-order chi connectivity index (χ1) is 24.4. The molecule has 0 bridgehead atoms. The van der Waals surface area contributed by atoms with E-state index in [1.807, 2.05) is 0 Å². The Kier molecular flexibility index (Phi) is 50.3. The summed E-state index contributed by atoms with van der Waals surface area (Å²) in [5.74, 6) is -1.91.